The van der Waals surface area contributed by atoms with Gasteiger partial charge in [-0.25, -0.2) is 8.42 Å². The minimum atomic E-state index is -3.61. The van der Waals surface area contributed by atoms with Gasteiger partial charge in [-0.1, -0.05) is 0 Å². The van der Waals surface area contributed by atoms with Crippen molar-refractivity contribution in [1.82, 2.24) is 0 Å². The maximum Gasteiger partial charge on any atom is 0.184 e. The van der Waals surface area contributed by atoms with Crippen LogP contribution in [0.2, 0.25) is 0 Å². The fourth-order valence-corrected chi connectivity index (χ4v) is 2.58. The minimum Gasteiger partial charge on any atom is -0.495 e. The smallest absolute Gasteiger partial charge is 0.184 e. The highest BCUT2D eigenvalue weighted by atomic mass is 32.2. The third kappa shape index (κ3) is 2.80. The number of methoxy groups -OCH3 is 2. The zero-order valence-electron chi connectivity index (χ0n) is 9.63. The van der Waals surface area contributed by atoms with Gasteiger partial charge in [0, 0.05) is 6.07 Å². The number of rotatable bonds is 5. The number of ether oxygens (including phenoxy) is 2. The molecule has 0 spiro atoms. The van der Waals surface area contributed by atoms with Crippen LogP contribution in [-0.2, 0) is 9.84 Å². The second kappa shape index (κ2) is 5.24. The largest absolute Gasteiger partial charge is 0.495 e. The number of sulfone groups is 1. The highest BCUT2D eigenvalue weighted by Crippen LogP contribution is 2.34. The van der Waals surface area contributed by atoms with Crippen molar-refractivity contribution in [1.29, 1.82) is 0 Å². The van der Waals surface area contributed by atoms with Crippen LogP contribution in [0, 0.1) is 0 Å². The monoisotopic (exact) mass is 261 g/mol. The first-order valence-electron chi connectivity index (χ1n) is 4.81. The number of hydrogen-bond donors (Lipinski definition) is 2. The normalized spacial score (nSPS) is 11.2. The van der Waals surface area contributed by atoms with Gasteiger partial charge in [0.25, 0.3) is 0 Å². The van der Waals surface area contributed by atoms with E-state index in [1.807, 2.05) is 0 Å². The molecule has 0 bridgehead atoms. The predicted octanol–water partition coefficient (Wildman–Crippen LogP) is 0.0520. The predicted molar refractivity (Wildman–Crippen MR) is 63.1 cm³/mol. The second-order valence-corrected chi connectivity index (χ2v) is 5.37. The first-order chi connectivity index (χ1) is 7.96. The Kier molecular flexibility index (Phi) is 4.19. The molecule has 0 aliphatic carbocycles. The average Bonchev–Trinajstić information content (AvgIpc) is 2.28. The molecule has 1 aromatic rings. The molecule has 7 heteroatoms. The molecule has 0 heterocycles. The summed E-state index contributed by atoms with van der Waals surface area (Å²) < 4.78 is 33.6. The zero-order chi connectivity index (χ0) is 13.1. The highest BCUT2D eigenvalue weighted by molar-refractivity contribution is 7.91. The van der Waals surface area contributed by atoms with Gasteiger partial charge in [0.05, 0.1) is 32.3 Å². The number of benzene rings is 1. The lowest BCUT2D eigenvalue weighted by molar-refractivity contribution is 0.319. The fourth-order valence-electron chi connectivity index (χ4n) is 1.37. The molecule has 0 amide bonds. The van der Waals surface area contributed by atoms with E-state index in [-0.39, 0.29) is 22.1 Å². The molecular formula is C10H15NO5S. The van der Waals surface area contributed by atoms with E-state index >= 15 is 0 Å². The summed E-state index contributed by atoms with van der Waals surface area (Å²) in [5.41, 5.74) is 5.84. The van der Waals surface area contributed by atoms with Gasteiger partial charge < -0.3 is 20.3 Å². The summed E-state index contributed by atoms with van der Waals surface area (Å²) in [7, 11) is -0.837. The van der Waals surface area contributed by atoms with Crippen LogP contribution in [0.1, 0.15) is 0 Å². The highest BCUT2D eigenvalue weighted by Gasteiger charge is 2.21. The van der Waals surface area contributed by atoms with E-state index in [2.05, 4.69) is 0 Å². The van der Waals surface area contributed by atoms with E-state index in [0.717, 1.165) is 0 Å². The molecule has 1 aromatic carbocycles. The van der Waals surface area contributed by atoms with Gasteiger partial charge in [0.15, 0.2) is 9.84 Å². The molecule has 0 saturated carbocycles. The maximum absolute atomic E-state index is 11.8. The van der Waals surface area contributed by atoms with Crippen molar-refractivity contribution in [3.63, 3.8) is 0 Å². The van der Waals surface area contributed by atoms with Crippen molar-refractivity contribution in [3.05, 3.63) is 12.1 Å². The first kappa shape index (κ1) is 13.6. The molecule has 17 heavy (non-hydrogen) atoms. The van der Waals surface area contributed by atoms with Crippen LogP contribution in [0.25, 0.3) is 0 Å². The summed E-state index contributed by atoms with van der Waals surface area (Å²) in [6, 6.07) is 2.67. The molecule has 0 aliphatic rings. The molecule has 0 fully saturated rings. The number of aliphatic hydroxyl groups is 1. The standard InChI is InChI=1S/C10H15NO5S/c1-15-8-6-9(16-2)10(5-7(8)11)17(13,14)4-3-12/h5-6,12H,3-4,11H2,1-2H3. The lowest BCUT2D eigenvalue weighted by Gasteiger charge is -2.12. The Hall–Kier alpha value is -1.47. The summed E-state index contributed by atoms with van der Waals surface area (Å²) in [6.45, 7) is -0.461. The van der Waals surface area contributed by atoms with Crippen molar-refractivity contribution in [2.24, 2.45) is 0 Å². The Balaban J connectivity index is 3.38. The van der Waals surface area contributed by atoms with Crippen LogP contribution in [-0.4, -0.2) is 40.1 Å². The molecule has 0 aromatic heterocycles. The molecule has 0 saturated heterocycles. The Morgan fingerprint density at radius 1 is 1.24 bits per heavy atom. The first-order valence-corrected chi connectivity index (χ1v) is 6.46. The summed E-state index contributed by atoms with van der Waals surface area (Å²) in [5, 5.41) is 8.72. The van der Waals surface area contributed by atoms with Gasteiger partial charge in [0.1, 0.15) is 16.4 Å². The van der Waals surface area contributed by atoms with Crippen LogP contribution in [0.3, 0.4) is 0 Å². The molecule has 96 valence electrons. The lowest BCUT2D eigenvalue weighted by Crippen LogP contribution is -2.12. The Labute approximate surface area is 99.9 Å². The molecule has 6 nitrogen and oxygen atoms in total. The van der Waals surface area contributed by atoms with Crippen molar-refractivity contribution in [2.75, 3.05) is 32.3 Å². The van der Waals surface area contributed by atoms with E-state index in [0.29, 0.717) is 5.75 Å². The molecular weight excluding hydrogens is 246 g/mol. The molecule has 0 radical (unpaired) electrons. The second-order valence-electron chi connectivity index (χ2n) is 3.29. The Morgan fingerprint density at radius 3 is 2.29 bits per heavy atom. The molecule has 3 N–H and O–H groups in total. The van der Waals surface area contributed by atoms with Gasteiger partial charge in [-0.15, -0.1) is 0 Å². The number of anilines is 1. The van der Waals surface area contributed by atoms with Crippen LogP contribution < -0.4 is 15.2 Å². The Bertz CT molecular complexity index is 498. The molecule has 0 unspecified atom stereocenters. The van der Waals surface area contributed by atoms with Crippen molar-refractivity contribution >= 4 is 15.5 Å². The summed E-state index contributed by atoms with van der Waals surface area (Å²) in [6.07, 6.45) is 0. The quantitative estimate of drug-likeness (QED) is 0.727. The van der Waals surface area contributed by atoms with E-state index in [4.69, 9.17) is 20.3 Å². The summed E-state index contributed by atoms with van der Waals surface area (Å²) >= 11 is 0. The van der Waals surface area contributed by atoms with Crippen molar-refractivity contribution in [2.45, 2.75) is 4.90 Å². The van der Waals surface area contributed by atoms with Crippen molar-refractivity contribution in [3.8, 4) is 11.5 Å². The minimum absolute atomic E-state index is 0.0487. The number of hydrogen-bond acceptors (Lipinski definition) is 6. The molecule has 0 aliphatic heterocycles. The Morgan fingerprint density at radius 2 is 1.82 bits per heavy atom. The number of aliphatic hydroxyl groups excluding tert-OH is 1. The number of nitrogen functional groups attached to an aromatic ring is 1. The topological polar surface area (TPSA) is 98.8 Å². The van der Waals surface area contributed by atoms with E-state index < -0.39 is 16.4 Å². The third-order valence-corrected chi connectivity index (χ3v) is 3.92. The van der Waals surface area contributed by atoms with Gasteiger partial charge >= 0.3 is 0 Å². The van der Waals surface area contributed by atoms with Gasteiger partial charge in [0.2, 0.25) is 0 Å². The van der Waals surface area contributed by atoms with Crippen molar-refractivity contribution < 1.29 is 23.0 Å². The third-order valence-electron chi connectivity index (χ3n) is 2.21. The summed E-state index contributed by atoms with van der Waals surface area (Å²) in [4.78, 5) is -0.0487. The number of nitrogens with two attached hydrogens (primary N) is 1. The van der Waals surface area contributed by atoms with Crippen LogP contribution in [0.15, 0.2) is 17.0 Å². The van der Waals surface area contributed by atoms with E-state index in [1.165, 1.54) is 26.4 Å². The van der Waals surface area contributed by atoms with Crippen LogP contribution >= 0.6 is 0 Å². The van der Waals surface area contributed by atoms with E-state index in [9.17, 15) is 8.42 Å². The SMILES string of the molecule is COc1cc(OC)c(S(=O)(=O)CCO)cc1N. The zero-order valence-corrected chi connectivity index (χ0v) is 10.5. The molecule has 0 atom stereocenters. The fraction of sp³-hybridized carbons (Fsp3) is 0.400. The average molecular weight is 261 g/mol. The lowest BCUT2D eigenvalue weighted by atomic mass is 10.3. The maximum atomic E-state index is 11.8. The van der Waals surface area contributed by atoms with Gasteiger partial charge in [-0.3, -0.25) is 0 Å². The summed E-state index contributed by atoms with van der Waals surface area (Å²) in [5.74, 6) is 0.101. The van der Waals surface area contributed by atoms with Crippen LogP contribution in [0.4, 0.5) is 5.69 Å². The van der Waals surface area contributed by atoms with Crippen LogP contribution in [0.5, 0.6) is 11.5 Å². The van der Waals surface area contributed by atoms with Gasteiger partial charge in [-0.05, 0) is 6.07 Å². The molecule has 1 rings (SSSR count). The van der Waals surface area contributed by atoms with Gasteiger partial charge in [-0.2, -0.15) is 0 Å². The van der Waals surface area contributed by atoms with E-state index in [1.54, 1.807) is 0 Å².